The Kier molecular flexibility index (Phi) is 8.98. The smallest absolute Gasteiger partial charge is 0.346 e. The maximum atomic E-state index is 12.8. The predicted octanol–water partition coefficient (Wildman–Crippen LogP) is 8.15. The van der Waals surface area contributed by atoms with Gasteiger partial charge in [-0.15, -0.1) is 0 Å². The lowest BCUT2D eigenvalue weighted by atomic mass is 9.93. The van der Waals surface area contributed by atoms with E-state index >= 15 is 0 Å². The number of morpholine rings is 1. The highest BCUT2D eigenvalue weighted by Crippen LogP contribution is 2.42. The molecule has 0 spiro atoms. The van der Waals surface area contributed by atoms with Gasteiger partial charge in [0, 0.05) is 22.2 Å². The van der Waals surface area contributed by atoms with Crippen LogP contribution in [0.2, 0.25) is 10.0 Å². The molecule has 1 saturated heterocycles. The summed E-state index contributed by atoms with van der Waals surface area (Å²) < 4.78 is 7.28. The number of ether oxygens (including phenoxy) is 1. The summed E-state index contributed by atoms with van der Waals surface area (Å²) in [5.41, 5.74) is 5.25. The molecule has 5 rings (SSSR count). The van der Waals surface area contributed by atoms with Gasteiger partial charge in [-0.1, -0.05) is 72.1 Å². The van der Waals surface area contributed by atoms with Crippen LogP contribution >= 0.6 is 34.5 Å². The van der Waals surface area contributed by atoms with Gasteiger partial charge >= 0.3 is 5.97 Å². The molecule has 2 heterocycles. The number of halogens is 2. The van der Waals surface area contributed by atoms with Gasteiger partial charge in [0.25, 0.3) is 0 Å². The van der Waals surface area contributed by atoms with Crippen LogP contribution in [0.15, 0.2) is 54.6 Å². The van der Waals surface area contributed by atoms with E-state index in [0.29, 0.717) is 29.8 Å². The molecule has 0 saturated carbocycles. The molecule has 1 aromatic heterocycles. The first-order valence-electron chi connectivity index (χ1n) is 13.4. The zero-order valence-electron chi connectivity index (χ0n) is 22.8. The Balaban J connectivity index is 1.51. The van der Waals surface area contributed by atoms with Crippen LogP contribution in [0.25, 0.3) is 21.3 Å². The Bertz CT molecular complexity index is 1490. The average Bonchev–Trinajstić information content (AvgIpc) is 3.36. The maximum Gasteiger partial charge on any atom is 0.346 e. The van der Waals surface area contributed by atoms with Gasteiger partial charge in [0.15, 0.2) is 5.13 Å². The second kappa shape index (κ2) is 12.5. The van der Waals surface area contributed by atoms with E-state index in [9.17, 15) is 4.79 Å². The molecule has 4 aromatic rings. The number of benzene rings is 3. The van der Waals surface area contributed by atoms with E-state index in [2.05, 4.69) is 18.7 Å². The summed E-state index contributed by atoms with van der Waals surface area (Å²) in [5.74, 6) is -0.426. The fraction of sp³-hybridized carbons (Fsp3) is 0.355. The Labute approximate surface area is 248 Å². The van der Waals surface area contributed by atoms with E-state index in [0.717, 1.165) is 62.6 Å². The summed E-state index contributed by atoms with van der Waals surface area (Å²) in [6.07, 6.45) is 1.88. The number of hydrogen-bond donors (Lipinski definition) is 0. The predicted molar refractivity (Wildman–Crippen MR) is 162 cm³/mol. The summed E-state index contributed by atoms with van der Waals surface area (Å²) in [6, 6.07) is 17.6. The normalized spacial score (nSPS) is 17.4. The SMILES string of the molecule is CCCCOOC(=O)Cc1c(C)cc2nc(N3CCOC(C)(c4ccc(Cl)cc4)C3)sc2c1-c1ccc(Cl)cc1. The van der Waals surface area contributed by atoms with Crippen molar-refractivity contribution < 1.29 is 19.3 Å². The van der Waals surface area contributed by atoms with Crippen LogP contribution in [-0.4, -0.2) is 37.3 Å². The largest absolute Gasteiger partial charge is 0.367 e. The zero-order valence-corrected chi connectivity index (χ0v) is 25.2. The van der Waals surface area contributed by atoms with E-state index in [4.69, 9.17) is 42.7 Å². The maximum absolute atomic E-state index is 12.8. The van der Waals surface area contributed by atoms with Crippen LogP contribution in [0.3, 0.4) is 0 Å². The first-order valence-corrected chi connectivity index (χ1v) is 15.0. The number of anilines is 1. The molecular formula is C31H32Cl2N2O4S. The molecule has 0 aliphatic carbocycles. The number of hydrogen-bond acceptors (Lipinski definition) is 7. The molecule has 1 aliphatic heterocycles. The second-order valence-electron chi connectivity index (χ2n) is 10.2. The molecule has 210 valence electrons. The number of nitrogens with zero attached hydrogens (tertiary/aromatic N) is 2. The van der Waals surface area contributed by atoms with Crippen LogP contribution in [0, 0.1) is 6.92 Å². The van der Waals surface area contributed by atoms with E-state index in [1.807, 2.05) is 61.5 Å². The van der Waals surface area contributed by atoms with Crippen LogP contribution in [0.4, 0.5) is 5.13 Å². The molecule has 40 heavy (non-hydrogen) atoms. The van der Waals surface area contributed by atoms with Crippen molar-refractivity contribution in [2.24, 2.45) is 0 Å². The Morgan fingerprint density at radius 1 is 1.12 bits per heavy atom. The highest BCUT2D eigenvalue weighted by atomic mass is 35.5. The van der Waals surface area contributed by atoms with Gasteiger partial charge in [-0.25, -0.2) is 9.78 Å². The fourth-order valence-corrected chi connectivity index (χ4v) is 6.42. The molecule has 3 aromatic carbocycles. The highest BCUT2D eigenvalue weighted by molar-refractivity contribution is 7.22. The monoisotopic (exact) mass is 598 g/mol. The molecule has 1 unspecified atom stereocenters. The number of unbranched alkanes of at least 4 members (excludes halogenated alkanes) is 1. The quantitative estimate of drug-likeness (QED) is 0.110. The Hall–Kier alpha value is -2.68. The van der Waals surface area contributed by atoms with Gasteiger partial charge in [0.1, 0.15) is 5.60 Å². The van der Waals surface area contributed by atoms with Crippen molar-refractivity contribution in [1.29, 1.82) is 0 Å². The lowest BCUT2D eigenvalue weighted by Crippen LogP contribution is -2.48. The summed E-state index contributed by atoms with van der Waals surface area (Å²) in [4.78, 5) is 30.3. The number of carbonyl (C=O) groups is 1. The van der Waals surface area contributed by atoms with E-state index in [-0.39, 0.29) is 6.42 Å². The first-order chi connectivity index (χ1) is 19.3. The third-order valence-corrected chi connectivity index (χ3v) is 8.84. The van der Waals surface area contributed by atoms with Crippen LogP contribution < -0.4 is 4.90 Å². The van der Waals surface area contributed by atoms with Crippen molar-refractivity contribution in [1.82, 2.24) is 4.98 Å². The topological polar surface area (TPSA) is 60.9 Å². The second-order valence-corrected chi connectivity index (χ2v) is 12.1. The molecule has 0 N–H and O–H groups in total. The molecule has 1 fully saturated rings. The van der Waals surface area contributed by atoms with E-state index in [1.165, 1.54) is 0 Å². The van der Waals surface area contributed by atoms with Crippen molar-refractivity contribution >= 4 is 55.9 Å². The molecule has 0 amide bonds. The summed E-state index contributed by atoms with van der Waals surface area (Å²) in [5, 5.41) is 2.26. The van der Waals surface area contributed by atoms with Crippen LogP contribution in [0.1, 0.15) is 43.4 Å². The molecule has 1 atom stereocenters. The molecular weight excluding hydrogens is 567 g/mol. The number of rotatable bonds is 9. The van der Waals surface area contributed by atoms with Gasteiger partial charge in [-0.05, 0) is 72.9 Å². The molecule has 0 radical (unpaired) electrons. The number of thiazole rings is 1. The minimum Gasteiger partial charge on any atom is -0.367 e. The van der Waals surface area contributed by atoms with Gasteiger partial charge in [0.05, 0.1) is 36.4 Å². The lowest BCUT2D eigenvalue weighted by Gasteiger charge is -2.40. The minimum absolute atomic E-state index is 0.0886. The molecule has 1 aliphatic rings. The standard InChI is InChI=1S/C31H32Cl2N2O4S/c1-4-5-15-38-39-27(36)18-25-20(2)17-26-29(28(25)21-6-10-23(32)11-7-21)40-30(34-26)35-14-16-37-31(3,19-35)22-8-12-24(33)13-9-22/h6-13,17H,4-5,14-16,18-19H2,1-3H3. The van der Waals surface area contributed by atoms with Gasteiger partial charge in [-0.3, -0.25) is 4.89 Å². The summed E-state index contributed by atoms with van der Waals surface area (Å²) in [7, 11) is 0. The third-order valence-electron chi connectivity index (χ3n) is 7.19. The molecule has 9 heteroatoms. The first kappa shape index (κ1) is 28.8. The van der Waals surface area contributed by atoms with Gasteiger partial charge in [-0.2, -0.15) is 4.89 Å². The highest BCUT2D eigenvalue weighted by Gasteiger charge is 2.35. The summed E-state index contributed by atoms with van der Waals surface area (Å²) in [6.45, 7) is 8.51. The number of aromatic nitrogens is 1. The lowest BCUT2D eigenvalue weighted by molar-refractivity contribution is -0.272. The Morgan fingerprint density at radius 2 is 1.82 bits per heavy atom. The van der Waals surface area contributed by atoms with Gasteiger partial charge < -0.3 is 9.64 Å². The molecule has 6 nitrogen and oxygen atoms in total. The van der Waals surface area contributed by atoms with Crippen LogP contribution in [0.5, 0.6) is 0 Å². The van der Waals surface area contributed by atoms with Crippen molar-refractivity contribution in [2.75, 3.05) is 31.2 Å². The summed E-state index contributed by atoms with van der Waals surface area (Å²) >= 11 is 14.0. The van der Waals surface area contributed by atoms with Crippen molar-refractivity contribution in [3.8, 4) is 11.1 Å². The minimum atomic E-state index is -0.498. The van der Waals surface area contributed by atoms with Crippen molar-refractivity contribution in [2.45, 2.75) is 45.6 Å². The van der Waals surface area contributed by atoms with Gasteiger partial charge in [0.2, 0.25) is 0 Å². The zero-order chi connectivity index (χ0) is 28.3. The molecule has 0 bridgehead atoms. The third kappa shape index (κ3) is 6.29. The Morgan fingerprint density at radius 3 is 2.52 bits per heavy atom. The number of carbonyl (C=O) groups excluding carboxylic acids is 1. The number of aryl methyl sites for hydroxylation is 1. The van der Waals surface area contributed by atoms with Crippen molar-refractivity contribution in [3.63, 3.8) is 0 Å². The van der Waals surface area contributed by atoms with Crippen LogP contribution in [-0.2, 0) is 31.3 Å². The number of fused-ring (bicyclic) bond motifs is 1. The van der Waals surface area contributed by atoms with E-state index in [1.54, 1.807) is 11.3 Å². The van der Waals surface area contributed by atoms with E-state index < -0.39 is 11.6 Å². The average molecular weight is 600 g/mol. The fourth-order valence-electron chi connectivity index (χ4n) is 5.00. The van der Waals surface area contributed by atoms with Crippen molar-refractivity contribution in [3.05, 3.63) is 81.3 Å².